The van der Waals surface area contributed by atoms with Gasteiger partial charge in [0.15, 0.2) is 5.82 Å². The zero-order chi connectivity index (χ0) is 35.6. The quantitative estimate of drug-likeness (QED) is 0.228. The maximum atomic E-state index is 15.5. The zero-order valence-corrected chi connectivity index (χ0v) is 28.3. The Hall–Kier alpha value is -5.41. The van der Waals surface area contributed by atoms with Gasteiger partial charge < -0.3 is 34.1 Å². The molecule has 6 aromatic rings. The van der Waals surface area contributed by atoms with Crippen LogP contribution >= 0.6 is 0 Å². The van der Waals surface area contributed by atoms with Gasteiger partial charge in [-0.25, -0.2) is 14.4 Å². The van der Waals surface area contributed by atoms with Crippen LogP contribution in [0.15, 0.2) is 89.1 Å². The normalized spacial score (nSPS) is 19.9. The van der Waals surface area contributed by atoms with E-state index in [1.165, 1.54) is 25.9 Å². The highest BCUT2D eigenvalue weighted by Crippen LogP contribution is 2.33. The number of halogens is 1. The number of benzene rings is 1. The van der Waals surface area contributed by atoms with E-state index in [0.717, 1.165) is 5.69 Å². The number of hydrogen-bond acceptors (Lipinski definition) is 10. The van der Waals surface area contributed by atoms with Gasteiger partial charge in [0, 0.05) is 67.5 Å². The summed E-state index contributed by atoms with van der Waals surface area (Å²) in [6, 6.07) is 14.3. The van der Waals surface area contributed by atoms with Crippen LogP contribution in [0.5, 0.6) is 0 Å². The van der Waals surface area contributed by atoms with Crippen molar-refractivity contribution in [2.45, 2.75) is 38.3 Å². The number of rotatable bonds is 7. The molecule has 0 unspecified atom stereocenters. The summed E-state index contributed by atoms with van der Waals surface area (Å²) in [6.07, 6.45) is 7.89. The van der Waals surface area contributed by atoms with Crippen LogP contribution < -0.4 is 21.3 Å². The van der Waals surface area contributed by atoms with E-state index in [1.54, 1.807) is 75.0 Å². The van der Waals surface area contributed by atoms with Crippen LogP contribution in [0.2, 0.25) is 0 Å². The molecule has 2 aliphatic rings. The number of aliphatic hydroxyl groups excluding tert-OH is 1. The Morgan fingerprint density at radius 2 is 1.88 bits per heavy atom. The molecule has 2 aliphatic heterocycles. The molecule has 14 heteroatoms. The average molecular weight is 693 g/mol. The maximum absolute atomic E-state index is 15.5. The zero-order valence-electron chi connectivity index (χ0n) is 28.3. The van der Waals surface area contributed by atoms with Crippen LogP contribution in [-0.2, 0) is 18.4 Å². The molecular formula is C37H37FN8O5. The Kier molecular flexibility index (Phi) is 7.98. The molecule has 0 bridgehead atoms. The van der Waals surface area contributed by atoms with Gasteiger partial charge in [-0.1, -0.05) is 12.1 Å². The van der Waals surface area contributed by atoms with E-state index in [1.807, 2.05) is 11.0 Å². The molecule has 13 nitrogen and oxygen atoms in total. The first-order valence-corrected chi connectivity index (χ1v) is 16.7. The second-order valence-corrected chi connectivity index (χ2v) is 13.5. The summed E-state index contributed by atoms with van der Waals surface area (Å²) in [4.78, 5) is 40.2. The lowest BCUT2D eigenvalue weighted by Gasteiger charge is -2.53. The van der Waals surface area contributed by atoms with E-state index in [9.17, 15) is 19.8 Å². The van der Waals surface area contributed by atoms with Crippen LogP contribution in [-0.4, -0.2) is 82.7 Å². The van der Waals surface area contributed by atoms with Crippen LogP contribution in [0.1, 0.15) is 19.4 Å². The SMILES string of the molecule is C[C@@H]1CN(c2ccc(Nc3cc(-c4ccnc(-n5ccn6c(c(F)c7ccccc76)c5=O)c4CO)cn(C)c3=O)nc2)[C@@](C)(O)CN1C1COC1. The molecule has 2 fully saturated rings. The summed E-state index contributed by atoms with van der Waals surface area (Å²) in [5.41, 5.74) is 0.772. The number of anilines is 3. The van der Waals surface area contributed by atoms with Gasteiger partial charge >= 0.3 is 0 Å². The molecule has 8 rings (SSSR count). The van der Waals surface area contributed by atoms with E-state index in [-0.39, 0.29) is 28.6 Å². The van der Waals surface area contributed by atoms with E-state index in [2.05, 4.69) is 27.1 Å². The number of ether oxygens (including phenoxy) is 1. The molecule has 51 heavy (non-hydrogen) atoms. The number of piperazine rings is 1. The van der Waals surface area contributed by atoms with Crippen molar-refractivity contribution in [2.24, 2.45) is 7.05 Å². The van der Waals surface area contributed by atoms with E-state index in [0.29, 0.717) is 65.8 Å². The van der Waals surface area contributed by atoms with Crippen molar-refractivity contribution >= 4 is 33.6 Å². The van der Waals surface area contributed by atoms with Crippen molar-refractivity contribution in [1.29, 1.82) is 0 Å². The summed E-state index contributed by atoms with van der Waals surface area (Å²) in [6.45, 7) is 5.89. The van der Waals surface area contributed by atoms with Crippen molar-refractivity contribution in [2.75, 3.05) is 36.5 Å². The molecule has 2 atom stereocenters. The van der Waals surface area contributed by atoms with Crippen molar-refractivity contribution in [1.82, 2.24) is 28.4 Å². The largest absolute Gasteiger partial charge is 0.392 e. The molecule has 0 spiro atoms. The minimum atomic E-state index is -1.11. The van der Waals surface area contributed by atoms with Gasteiger partial charge in [0.05, 0.1) is 43.3 Å². The van der Waals surface area contributed by atoms with Gasteiger partial charge in [-0.3, -0.25) is 19.1 Å². The topological polar surface area (TPSA) is 142 Å². The number of nitrogens with one attached hydrogen (secondary N) is 1. The van der Waals surface area contributed by atoms with Gasteiger partial charge in [0.2, 0.25) is 0 Å². The predicted octanol–water partition coefficient (Wildman–Crippen LogP) is 3.39. The van der Waals surface area contributed by atoms with Crippen molar-refractivity contribution < 1.29 is 19.3 Å². The van der Waals surface area contributed by atoms with Crippen LogP contribution in [0.25, 0.3) is 33.4 Å². The van der Waals surface area contributed by atoms with E-state index in [4.69, 9.17) is 4.74 Å². The standard InChI is InChI=1S/C37H37FN8O5/c1-22-16-46(37(2,50)21-45(22)25-19-51-20-25)24-8-9-31(40-15-24)41-29-14-23(17-42(3)35(29)48)26-10-11-39-34(28(26)18-47)44-13-12-43-30-7-5-4-6-27(30)32(38)33(43)36(44)49/h4-15,17,22,25,47,50H,16,18-21H2,1-3H3,(H,40,41)/t22-,37+/m1/s1. The number of aliphatic hydroxyl groups is 2. The number of aromatic nitrogens is 5. The fourth-order valence-electron chi connectivity index (χ4n) is 7.32. The number of hydrogen-bond donors (Lipinski definition) is 3. The number of fused-ring (bicyclic) bond motifs is 3. The summed E-state index contributed by atoms with van der Waals surface area (Å²) in [5, 5.41) is 25.5. The number of aryl methyl sites for hydroxylation is 1. The van der Waals surface area contributed by atoms with Crippen LogP contribution in [0.4, 0.5) is 21.6 Å². The third-order valence-corrected chi connectivity index (χ3v) is 10.0. The number of nitrogens with zero attached hydrogens (tertiary/aromatic N) is 7. The molecule has 0 saturated carbocycles. The third kappa shape index (κ3) is 5.47. The second-order valence-electron chi connectivity index (χ2n) is 13.5. The minimum absolute atomic E-state index is 0.133. The first-order chi connectivity index (χ1) is 24.6. The van der Waals surface area contributed by atoms with Gasteiger partial charge in [0.25, 0.3) is 11.1 Å². The maximum Gasteiger partial charge on any atom is 0.283 e. The Morgan fingerprint density at radius 3 is 2.61 bits per heavy atom. The molecule has 1 aromatic carbocycles. The molecule has 3 N–H and O–H groups in total. The van der Waals surface area contributed by atoms with Gasteiger partial charge in [-0.15, -0.1) is 0 Å². The highest BCUT2D eigenvalue weighted by Gasteiger charge is 2.43. The molecule has 0 aliphatic carbocycles. The Morgan fingerprint density at radius 1 is 1.08 bits per heavy atom. The first kappa shape index (κ1) is 32.8. The minimum Gasteiger partial charge on any atom is -0.392 e. The predicted molar refractivity (Wildman–Crippen MR) is 191 cm³/mol. The highest BCUT2D eigenvalue weighted by atomic mass is 19.1. The molecule has 2 saturated heterocycles. The van der Waals surface area contributed by atoms with Crippen molar-refractivity contribution in [3.05, 3.63) is 112 Å². The Bertz CT molecular complexity index is 2420. The average Bonchev–Trinajstić information content (AvgIpc) is 3.39. The monoisotopic (exact) mass is 692 g/mol. The first-order valence-electron chi connectivity index (χ1n) is 16.7. The van der Waals surface area contributed by atoms with E-state index >= 15 is 4.39 Å². The fourth-order valence-corrected chi connectivity index (χ4v) is 7.32. The lowest BCUT2D eigenvalue weighted by atomic mass is 10.0. The van der Waals surface area contributed by atoms with E-state index < -0.39 is 23.7 Å². The van der Waals surface area contributed by atoms with Gasteiger partial charge in [0.1, 0.15) is 28.6 Å². The molecular weight excluding hydrogens is 655 g/mol. The van der Waals surface area contributed by atoms with Gasteiger partial charge in [-0.2, -0.15) is 0 Å². The summed E-state index contributed by atoms with van der Waals surface area (Å²) in [7, 11) is 1.62. The summed E-state index contributed by atoms with van der Waals surface area (Å²) in [5.74, 6) is -0.0749. The summed E-state index contributed by atoms with van der Waals surface area (Å²) < 4.78 is 25.0. The highest BCUT2D eigenvalue weighted by molar-refractivity contribution is 5.88. The molecule has 5 aromatic heterocycles. The molecule has 0 radical (unpaired) electrons. The van der Waals surface area contributed by atoms with Crippen molar-refractivity contribution in [3.8, 4) is 16.9 Å². The lowest BCUT2D eigenvalue weighted by Crippen LogP contribution is -2.68. The summed E-state index contributed by atoms with van der Waals surface area (Å²) >= 11 is 0. The number of para-hydroxylation sites is 1. The number of pyridine rings is 3. The third-order valence-electron chi connectivity index (χ3n) is 10.0. The van der Waals surface area contributed by atoms with Crippen LogP contribution in [0, 0.1) is 5.82 Å². The fraction of sp³-hybridized carbons (Fsp3) is 0.297. The van der Waals surface area contributed by atoms with Gasteiger partial charge in [-0.05, 0) is 55.8 Å². The number of β-amino-alcohol motifs (C(OH)–C–C–N with tert-alkyl or cyclic N) is 1. The smallest absolute Gasteiger partial charge is 0.283 e. The second kappa shape index (κ2) is 12.4. The lowest BCUT2D eigenvalue weighted by molar-refractivity contribution is -0.117. The Labute approximate surface area is 291 Å². The van der Waals surface area contributed by atoms with Crippen molar-refractivity contribution in [3.63, 3.8) is 0 Å². The van der Waals surface area contributed by atoms with Crippen LogP contribution in [0.3, 0.4) is 0 Å². The molecule has 7 heterocycles. The Balaban J connectivity index is 1.11. The molecule has 0 amide bonds. The molecule has 262 valence electrons.